The third kappa shape index (κ3) is 2.67. The van der Waals surface area contributed by atoms with Crippen LogP contribution in [-0.2, 0) is 11.3 Å². The van der Waals surface area contributed by atoms with E-state index in [1.54, 1.807) is 6.20 Å². The highest BCUT2D eigenvalue weighted by atomic mass is 16.5. The first-order valence-corrected chi connectivity index (χ1v) is 8.91. The number of rotatable bonds is 3. The van der Waals surface area contributed by atoms with Gasteiger partial charge in [-0.15, -0.1) is 0 Å². The Morgan fingerprint density at radius 2 is 2.07 bits per heavy atom. The fourth-order valence-corrected chi connectivity index (χ4v) is 3.81. The highest BCUT2D eigenvalue weighted by molar-refractivity contribution is 6.01. The van der Waals surface area contributed by atoms with Gasteiger partial charge in [0.05, 0.1) is 18.3 Å². The zero-order chi connectivity index (χ0) is 18.4. The van der Waals surface area contributed by atoms with Crippen LogP contribution in [0.2, 0.25) is 0 Å². The second kappa shape index (κ2) is 6.20. The molecule has 0 saturated carbocycles. The normalized spacial score (nSPS) is 15.7. The van der Waals surface area contributed by atoms with E-state index in [4.69, 9.17) is 9.72 Å². The smallest absolute Gasteiger partial charge is 0.328 e. The molecule has 0 atom stereocenters. The number of H-pyrrole nitrogens is 2. The van der Waals surface area contributed by atoms with Crippen LogP contribution in [0.1, 0.15) is 24.7 Å². The summed E-state index contributed by atoms with van der Waals surface area (Å²) in [7, 11) is 0. The lowest BCUT2D eigenvalue weighted by molar-refractivity contribution is 0.0698. The topological polar surface area (TPSA) is 111 Å². The Labute approximate surface area is 152 Å². The van der Waals surface area contributed by atoms with Crippen molar-refractivity contribution in [1.82, 2.24) is 29.1 Å². The number of imidazole rings is 1. The lowest BCUT2D eigenvalue weighted by Crippen LogP contribution is -2.30. The maximum atomic E-state index is 12.2. The van der Waals surface area contributed by atoms with Gasteiger partial charge in [-0.25, -0.2) is 14.8 Å². The number of hydrogen-bond acceptors (Lipinski definition) is 5. The SMILES string of the molecule is O=c1ccn(Cc2nc3cnc4[nH]ccc4c3n2C2CCOCC2)c(=O)[nH]1. The highest BCUT2D eigenvalue weighted by Gasteiger charge is 2.24. The van der Waals surface area contributed by atoms with E-state index in [9.17, 15) is 9.59 Å². The Bertz CT molecular complexity index is 1240. The van der Waals surface area contributed by atoms with Crippen molar-refractivity contribution < 1.29 is 4.74 Å². The van der Waals surface area contributed by atoms with Crippen molar-refractivity contribution in [3.63, 3.8) is 0 Å². The number of hydrogen-bond donors (Lipinski definition) is 2. The van der Waals surface area contributed by atoms with Crippen molar-refractivity contribution in [2.24, 2.45) is 0 Å². The van der Waals surface area contributed by atoms with Crippen LogP contribution in [0.3, 0.4) is 0 Å². The summed E-state index contributed by atoms with van der Waals surface area (Å²) in [6.45, 7) is 1.67. The molecule has 5 heterocycles. The molecule has 9 heteroatoms. The fourth-order valence-electron chi connectivity index (χ4n) is 3.81. The number of aromatic amines is 2. The van der Waals surface area contributed by atoms with E-state index in [0.717, 1.165) is 40.7 Å². The molecular weight excluding hydrogens is 348 g/mol. The van der Waals surface area contributed by atoms with Gasteiger partial charge in [0.25, 0.3) is 5.56 Å². The Morgan fingerprint density at radius 3 is 2.89 bits per heavy atom. The molecule has 0 radical (unpaired) electrons. The molecular formula is C18H18N6O3. The Kier molecular flexibility index (Phi) is 3.68. The third-order valence-corrected chi connectivity index (χ3v) is 5.07. The molecule has 2 N–H and O–H groups in total. The zero-order valence-corrected chi connectivity index (χ0v) is 14.5. The first kappa shape index (κ1) is 16.0. The van der Waals surface area contributed by atoms with E-state index in [2.05, 4.69) is 19.5 Å². The number of fused-ring (bicyclic) bond motifs is 3. The van der Waals surface area contributed by atoms with E-state index in [-0.39, 0.29) is 12.6 Å². The molecule has 5 rings (SSSR count). The van der Waals surface area contributed by atoms with Crippen LogP contribution < -0.4 is 11.2 Å². The molecule has 1 aliphatic rings. The summed E-state index contributed by atoms with van der Waals surface area (Å²) in [5.74, 6) is 0.765. The van der Waals surface area contributed by atoms with Crippen molar-refractivity contribution in [2.45, 2.75) is 25.4 Å². The van der Waals surface area contributed by atoms with Gasteiger partial charge in [0.1, 0.15) is 17.0 Å². The number of aromatic nitrogens is 6. The lowest BCUT2D eigenvalue weighted by Gasteiger charge is -2.26. The van der Waals surface area contributed by atoms with Gasteiger partial charge in [0.2, 0.25) is 0 Å². The standard InChI is InChI=1S/C18H18N6O3/c25-15-2-6-23(18(26)22-15)10-14-21-13-9-20-17-12(1-5-19-17)16(13)24(14)11-3-7-27-8-4-11/h1-2,5-6,9,11H,3-4,7-8,10H2,(H,19,20)(H,22,25,26). The molecule has 1 aliphatic heterocycles. The number of nitrogens with zero attached hydrogens (tertiary/aromatic N) is 4. The van der Waals surface area contributed by atoms with E-state index in [0.29, 0.717) is 13.2 Å². The van der Waals surface area contributed by atoms with Crippen molar-refractivity contribution in [3.8, 4) is 0 Å². The van der Waals surface area contributed by atoms with Crippen molar-refractivity contribution in [3.05, 3.63) is 57.4 Å². The first-order valence-electron chi connectivity index (χ1n) is 8.91. The molecule has 0 bridgehead atoms. The molecule has 0 aliphatic carbocycles. The van der Waals surface area contributed by atoms with Crippen LogP contribution in [0.25, 0.3) is 22.1 Å². The molecule has 138 valence electrons. The predicted molar refractivity (Wildman–Crippen MR) is 98.9 cm³/mol. The minimum Gasteiger partial charge on any atom is -0.381 e. The van der Waals surface area contributed by atoms with Gasteiger partial charge in [0.15, 0.2) is 0 Å². The molecule has 0 unspecified atom stereocenters. The van der Waals surface area contributed by atoms with Crippen molar-refractivity contribution >= 4 is 22.1 Å². The molecule has 27 heavy (non-hydrogen) atoms. The molecule has 9 nitrogen and oxygen atoms in total. The fraction of sp³-hybridized carbons (Fsp3) is 0.333. The highest BCUT2D eigenvalue weighted by Crippen LogP contribution is 2.31. The minimum absolute atomic E-state index is 0.234. The number of pyridine rings is 1. The van der Waals surface area contributed by atoms with Crippen molar-refractivity contribution in [2.75, 3.05) is 13.2 Å². The quantitative estimate of drug-likeness (QED) is 0.565. The molecule has 0 amide bonds. The number of ether oxygens (including phenoxy) is 1. The molecule has 1 saturated heterocycles. The van der Waals surface area contributed by atoms with Gasteiger partial charge in [-0.1, -0.05) is 0 Å². The number of nitrogens with one attached hydrogen (secondary N) is 2. The summed E-state index contributed by atoms with van der Waals surface area (Å²) in [6.07, 6.45) is 6.88. The second-order valence-electron chi connectivity index (χ2n) is 6.71. The van der Waals surface area contributed by atoms with Crippen LogP contribution in [0.5, 0.6) is 0 Å². The van der Waals surface area contributed by atoms with Crippen molar-refractivity contribution in [1.29, 1.82) is 0 Å². The third-order valence-electron chi connectivity index (χ3n) is 5.07. The molecule has 0 spiro atoms. The lowest BCUT2D eigenvalue weighted by atomic mass is 10.1. The maximum absolute atomic E-state index is 12.2. The average Bonchev–Trinajstić information content (AvgIpc) is 3.28. The maximum Gasteiger partial charge on any atom is 0.328 e. The largest absolute Gasteiger partial charge is 0.381 e. The van der Waals surface area contributed by atoms with Gasteiger partial charge in [-0.2, -0.15) is 0 Å². The molecule has 4 aromatic rings. The minimum atomic E-state index is -0.446. The second-order valence-corrected chi connectivity index (χ2v) is 6.71. The molecule has 1 fully saturated rings. The van der Waals surface area contributed by atoms with Gasteiger partial charge < -0.3 is 14.3 Å². The van der Waals surface area contributed by atoms with E-state index in [1.165, 1.54) is 16.8 Å². The monoisotopic (exact) mass is 366 g/mol. The van der Waals surface area contributed by atoms with E-state index in [1.807, 2.05) is 12.3 Å². The van der Waals surface area contributed by atoms with Crippen LogP contribution in [0, 0.1) is 0 Å². The Balaban J connectivity index is 1.72. The van der Waals surface area contributed by atoms with Gasteiger partial charge in [-0.3, -0.25) is 14.3 Å². The van der Waals surface area contributed by atoms with Gasteiger partial charge >= 0.3 is 5.69 Å². The first-order chi connectivity index (χ1) is 13.2. The zero-order valence-electron chi connectivity index (χ0n) is 14.5. The molecule has 4 aromatic heterocycles. The summed E-state index contributed by atoms with van der Waals surface area (Å²) in [4.78, 5) is 38.1. The van der Waals surface area contributed by atoms with Gasteiger partial charge in [0, 0.05) is 43.1 Å². The van der Waals surface area contributed by atoms with E-state index >= 15 is 0 Å². The summed E-state index contributed by atoms with van der Waals surface area (Å²) < 4.78 is 9.20. The van der Waals surface area contributed by atoms with Gasteiger partial charge in [-0.05, 0) is 18.9 Å². The predicted octanol–water partition coefficient (Wildman–Crippen LogP) is 1.16. The van der Waals surface area contributed by atoms with E-state index < -0.39 is 11.2 Å². The van der Waals surface area contributed by atoms with Crippen LogP contribution >= 0.6 is 0 Å². The van der Waals surface area contributed by atoms with Crippen LogP contribution in [0.4, 0.5) is 0 Å². The Morgan fingerprint density at radius 1 is 1.22 bits per heavy atom. The summed E-state index contributed by atoms with van der Waals surface area (Å²) >= 11 is 0. The Hall–Kier alpha value is -3.20. The average molecular weight is 366 g/mol. The van der Waals surface area contributed by atoms with Crippen LogP contribution in [0.15, 0.2) is 40.3 Å². The van der Waals surface area contributed by atoms with Crippen LogP contribution in [-0.4, -0.2) is 42.3 Å². The summed E-state index contributed by atoms with van der Waals surface area (Å²) in [5, 5.41) is 1.01. The summed E-state index contributed by atoms with van der Waals surface area (Å²) in [5.41, 5.74) is 1.76. The summed E-state index contributed by atoms with van der Waals surface area (Å²) in [6, 6.07) is 3.57. The molecule has 0 aromatic carbocycles.